The summed E-state index contributed by atoms with van der Waals surface area (Å²) in [5.74, 6) is 0. The number of rotatable bonds is 4. The molecule has 6 nitrogen and oxygen atoms in total. The van der Waals surface area contributed by atoms with Gasteiger partial charge in [-0.2, -0.15) is 10.0 Å². The fourth-order valence-corrected chi connectivity index (χ4v) is 3.13. The lowest BCUT2D eigenvalue weighted by molar-refractivity contribution is -0.0111. The van der Waals surface area contributed by atoms with Crippen molar-refractivity contribution < 1.29 is 19.1 Å². The van der Waals surface area contributed by atoms with Crippen LogP contribution < -0.4 is 0 Å². The maximum atomic E-state index is 13.0. The van der Waals surface area contributed by atoms with Gasteiger partial charge in [0.1, 0.15) is 6.04 Å². The van der Waals surface area contributed by atoms with Crippen molar-refractivity contribution in [1.29, 1.82) is 0 Å². The van der Waals surface area contributed by atoms with E-state index in [0.29, 0.717) is 5.70 Å². The molecule has 0 spiro atoms. The Labute approximate surface area is 171 Å². The zero-order valence-corrected chi connectivity index (χ0v) is 17.1. The Kier molecular flexibility index (Phi) is 6.22. The van der Waals surface area contributed by atoms with Crippen molar-refractivity contribution in [2.75, 3.05) is 0 Å². The van der Waals surface area contributed by atoms with Crippen LogP contribution in [0.3, 0.4) is 0 Å². The van der Waals surface area contributed by atoms with E-state index in [-0.39, 0.29) is 12.2 Å². The van der Waals surface area contributed by atoms with E-state index in [2.05, 4.69) is 0 Å². The summed E-state index contributed by atoms with van der Waals surface area (Å²) in [6, 6.07) is 18.5. The summed E-state index contributed by atoms with van der Waals surface area (Å²) >= 11 is 0. The molecular formula is C23H26N2O4. The minimum Gasteiger partial charge on any atom is -0.445 e. The van der Waals surface area contributed by atoms with E-state index in [1.54, 1.807) is 27.7 Å². The van der Waals surface area contributed by atoms with Crippen molar-refractivity contribution >= 4 is 17.9 Å². The van der Waals surface area contributed by atoms with E-state index in [4.69, 9.17) is 9.47 Å². The van der Waals surface area contributed by atoms with Crippen LogP contribution in [0.5, 0.6) is 0 Å². The summed E-state index contributed by atoms with van der Waals surface area (Å²) in [5, 5.41) is 2.60. The van der Waals surface area contributed by atoms with Crippen molar-refractivity contribution in [2.45, 2.75) is 45.9 Å². The Morgan fingerprint density at radius 3 is 1.86 bits per heavy atom. The van der Waals surface area contributed by atoms with Crippen molar-refractivity contribution in [2.24, 2.45) is 0 Å². The second-order valence-electron chi connectivity index (χ2n) is 7.29. The average molecular weight is 394 g/mol. The Balaban J connectivity index is 2.11. The maximum Gasteiger partial charge on any atom is 0.434 e. The molecule has 0 saturated heterocycles. The summed E-state index contributed by atoms with van der Waals surface area (Å²) in [7, 11) is 0. The summed E-state index contributed by atoms with van der Waals surface area (Å²) in [6.07, 6.45) is -0.0275. The van der Waals surface area contributed by atoms with Gasteiger partial charge in [-0.05, 0) is 39.3 Å². The molecule has 0 bridgehead atoms. The highest BCUT2D eigenvalue weighted by atomic mass is 16.6. The fraction of sp³-hybridized carbons (Fsp3) is 0.304. The highest BCUT2D eigenvalue weighted by molar-refractivity contribution is 5.87. The zero-order valence-electron chi connectivity index (χ0n) is 17.1. The number of carbonyl (C=O) groups is 2. The predicted molar refractivity (Wildman–Crippen MR) is 111 cm³/mol. The molecule has 2 amide bonds. The second-order valence-corrected chi connectivity index (χ2v) is 7.29. The lowest BCUT2D eigenvalue weighted by Crippen LogP contribution is -2.47. The van der Waals surface area contributed by atoms with Crippen molar-refractivity contribution in [1.82, 2.24) is 10.0 Å². The predicted octanol–water partition coefficient (Wildman–Crippen LogP) is 5.39. The highest BCUT2D eigenvalue weighted by Crippen LogP contribution is 2.39. The van der Waals surface area contributed by atoms with Gasteiger partial charge < -0.3 is 9.47 Å². The minimum atomic E-state index is -0.630. The Bertz CT molecular complexity index is 878. The van der Waals surface area contributed by atoms with Crippen LogP contribution in [0.4, 0.5) is 9.59 Å². The monoisotopic (exact) mass is 394 g/mol. The summed E-state index contributed by atoms with van der Waals surface area (Å²) in [4.78, 5) is 26.1. The van der Waals surface area contributed by atoms with Crippen LogP contribution in [0.2, 0.25) is 0 Å². The first kappa shape index (κ1) is 20.5. The normalized spacial score (nSPS) is 16.2. The standard InChI is InChI=1S/C23H26N2O4/c1-16(2)28-22(26)24-20(18-11-7-5-8-12-18)15-21(19-13-9-6-10-14-19)25(24)23(27)29-17(3)4/h5-17,20H,1-4H3. The van der Waals surface area contributed by atoms with Crippen LogP contribution >= 0.6 is 0 Å². The van der Waals surface area contributed by atoms with Gasteiger partial charge in [0.15, 0.2) is 0 Å². The first-order chi connectivity index (χ1) is 13.9. The number of benzene rings is 2. The van der Waals surface area contributed by atoms with E-state index in [1.165, 1.54) is 10.0 Å². The van der Waals surface area contributed by atoms with Gasteiger partial charge in [0.05, 0.1) is 17.9 Å². The van der Waals surface area contributed by atoms with Gasteiger partial charge in [-0.1, -0.05) is 60.7 Å². The number of hydrogen-bond donors (Lipinski definition) is 0. The molecule has 1 heterocycles. The molecule has 0 aliphatic carbocycles. The molecule has 1 aliphatic rings. The van der Waals surface area contributed by atoms with Gasteiger partial charge >= 0.3 is 12.2 Å². The molecule has 1 aliphatic heterocycles. The third-order valence-corrected chi connectivity index (χ3v) is 4.27. The third kappa shape index (κ3) is 4.59. The Morgan fingerprint density at radius 1 is 0.793 bits per heavy atom. The minimum absolute atomic E-state index is 0.331. The molecule has 1 atom stereocenters. The SMILES string of the molecule is CC(C)OC(=O)N1C(c2ccccc2)=CC(c2ccccc2)N1C(=O)OC(C)C. The van der Waals surface area contributed by atoms with Crippen LogP contribution in [0, 0.1) is 0 Å². The number of amides is 2. The maximum absolute atomic E-state index is 13.0. The van der Waals surface area contributed by atoms with Crippen molar-refractivity contribution in [3.63, 3.8) is 0 Å². The molecule has 1 unspecified atom stereocenters. The molecule has 0 N–H and O–H groups in total. The van der Waals surface area contributed by atoms with Gasteiger partial charge in [-0.3, -0.25) is 0 Å². The number of hydrazine groups is 1. The first-order valence-corrected chi connectivity index (χ1v) is 9.71. The van der Waals surface area contributed by atoms with Gasteiger partial charge in [0.25, 0.3) is 0 Å². The summed E-state index contributed by atoms with van der Waals surface area (Å²) < 4.78 is 10.9. The Morgan fingerprint density at radius 2 is 1.31 bits per heavy atom. The number of ether oxygens (including phenoxy) is 2. The molecule has 0 fully saturated rings. The summed E-state index contributed by atoms with van der Waals surface area (Å²) in [6.45, 7) is 7.08. The first-order valence-electron chi connectivity index (χ1n) is 9.71. The van der Waals surface area contributed by atoms with Gasteiger partial charge in [0, 0.05) is 5.56 Å². The lowest BCUT2D eigenvalue weighted by Gasteiger charge is -2.33. The number of carbonyl (C=O) groups excluding carboxylic acids is 2. The van der Waals surface area contributed by atoms with Gasteiger partial charge in [0.2, 0.25) is 0 Å². The van der Waals surface area contributed by atoms with E-state index in [1.807, 2.05) is 66.7 Å². The molecule has 0 saturated carbocycles. The fourth-order valence-electron chi connectivity index (χ4n) is 3.13. The number of hydrogen-bond acceptors (Lipinski definition) is 4. The van der Waals surface area contributed by atoms with Crippen molar-refractivity contribution in [3.05, 3.63) is 77.9 Å². The van der Waals surface area contributed by atoms with Gasteiger partial charge in [-0.25, -0.2) is 9.59 Å². The largest absolute Gasteiger partial charge is 0.445 e. The molecule has 3 rings (SSSR count). The third-order valence-electron chi connectivity index (χ3n) is 4.27. The second kappa shape index (κ2) is 8.82. The molecule has 2 aromatic rings. The molecule has 0 radical (unpaired) electrons. The quantitative estimate of drug-likeness (QED) is 0.697. The topological polar surface area (TPSA) is 59.1 Å². The average Bonchev–Trinajstić information content (AvgIpc) is 3.09. The molecule has 29 heavy (non-hydrogen) atoms. The van der Waals surface area contributed by atoms with E-state index in [9.17, 15) is 9.59 Å². The van der Waals surface area contributed by atoms with Crippen molar-refractivity contribution in [3.8, 4) is 0 Å². The van der Waals surface area contributed by atoms with E-state index >= 15 is 0 Å². The number of nitrogens with zero attached hydrogens (tertiary/aromatic N) is 2. The van der Waals surface area contributed by atoms with Crippen LogP contribution in [-0.2, 0) is 9.47 Å². The van der Waals surface area contributed by atoms with E-state index < -0.39 is 18.2 Å². The smallest absolute Gasteiger partial charge is 0.434 e. The van der Waals surface area contributed by atoms with Gasteiger partial charge in [-0.15, -0.1) is 0 Å². The van der Waals surface area contributed by atoms with Crippen LogP contribution in [0.1, 0.15) is 44.9 Å². The van der Waals surface area contributed by atoms with E-state index in [0.717, 1.165) is 11.1 Å². The van der Waals surface area contributed by atoms with Crippen LogP contribution in [0.25, 0.3) is 5.70 Å². The molecule has 6 heteroatoms. The molecular weight excluding hydrogens is 368 g/mol. The summed E-state index contributed by atoms with van der Waals surface area (Å²) in [5.41, 5.74) is 2.24. The Hall–Kier alpha value is -3.28. The van der Waals surface area contributed by atoms with Crippen LogP contribution in [-0.4, -0.2) is 34.4 Å². The molecule has 152 valence electrons. The van der Waals surface area contributed by atoms with Crippen LogP contribution in [0.15, 0.2) is 66.7 Å². The molecule has 0 aromatic heterocycles. The lowest BCUT2D eigenvalue weighted by atomic mass is 10.0. The highest BCUT2D eigenvalue weighted by Gasteiger charge is 2.43. The zero-order chi connectivity index (χ0) is 21.0. The molecule has 2 aromatic carbocycles.